The minimum absolute atomic E-state index is 0.307. The maximum Gasteiger partial charge on any atom is 0.316 e. The zero-order valence-electron chi connectivity index (χ0n) is 16.5. The van der Waals surface area contributed by atoms with E-state index in [4.69, 9.17) is 9.94 Å². The van der Waals surface area contributed by atoms with Crippen LogP contribution in [0.25, 0.3) is 0 Å². The lowest BCUT2D eigenvalue weighted by Gasteiger charge is -2.54. The van der Waals surface area contributed by atoms with Gasteiger partial charge in [-0.2, -0.15) is 0 Å². The van der Waals surface area contributed by atoms with E-state index in [9.17, 15) is 4.79 Å². The Hall–Kier alpha value is -1.76. The topological polar surface area (TPSA) is 58.9 Å². The van der Waals surface area contributed by atoms with E-state index in [-0.39, 0.29) is 5.97 Å². The second kappa shape index (κ2) is 7.34. The quantitative estimate of drug-likeness (QED) is 0.309. The predicted molar refractivity (Wildman–Crippen MR) is 104 cm³/mol. The van der Waals surface area contributed by atoms with Crippen molar-refractivity contribution in [3.8, 4) is 12.0 Å². The van der Waals surface area contributed by atoms with Gasteiger partial charge in [-0.25, -0.2) is 0 Å². The predicted octanol–water partition coefficient (Wildman–Crippen LogP) is 4.92. The zero-order valence-corrected chi connectivity index (χ0v) is 16.5. The smallest absolute Gasteiger partial charge is 0.316 e. The number of esters is 1. The normalized spacial score (nSPS) is 41.5. The van der Waals surface area contributed by atoms with E-state index in [1.54, 1.807) is 0 Å². The first-order valence-electron chi connectivity index (χ1n) is 10.7. The van der Waals surface area contributed by atoms with Gasteiger partial charge in [0.25, 0.3) is 0 Å². The van der Waals surface area contributed by atoms with Gasteiger partial charge in [-0.05, 0) is 93.0 Å². The molecule has 6 atom stereocenters. The maximum absolute atomic E-state index is 11.1. The number of allylic oxidation sites excluding steroid dienone is 2. The highest BCUT2D eigenvalue weighted by Gasteiger charge is 2.57. The summed E-state index contributed by atoms with van der Waals surface area (Å²) in [5, 5.41) is 12.6. The molecule has 0 aromatic heterocycles. The molecule has 4 nitrogen and oxygen atoms in total. The van der Waals surface area contributed by atoms with Crippen molar-refractivity contribution in [1.82, 2.24) is 0 Å². The lowest BCUT2D eigenvalue weighted by Crippen LogP contribution is -2.47. The molecule has 1 unspecified atom stereocenters. The van der Waals surface area contributed by atoms with Gasteiger partial charge < -0.3 is 9.94 Å². The van der Waals surface area contributed by atoms with Gasteiger partial charge in [0.2, 0.25) is 0 Å². The largest absolute Gasteiger partial charge is 0.411 e. The number of ether oxygens (including phenoxy) is 1. The van der Waals surface area contributed by atoms with Gasteiger partial charge in [-0.3, -0.25) is 4.79 Å². The van der Waals surface area contributed by atoms with Gasteiger partial charge in [0, 0.05) is 12.8 Å². The highest BCUT2D eigenvalue weighted by molar-refractivity contribution is 5.96. The molecule has 0 bridgehead atoms. The first-order valence-corrected chi connectivity index (χ1v) is 10.7. The van der Waals surface area contributed by atoms with Crippen molar-refractivity contribution in [3.63, 3.8) is 0 Å². The molecule has 1 N–H and O–H groups in total. The summed E-state index contributed by atoms with van der Waals surface area (Å²) in [4.78, 5) is 11.1. The molecule has 3 fully saturated rings. The molecule has 27 heavy (non-hydrogen) atoms. The molecule has 4 aliphatic rings. The molecule has 4 rings (SSSR count). The van der Waals surface area contributed by atoms with Gasteiger partial charge >= 0.3 is 5.97 Å². The minimum atomic E-state index is -0.319. The standard InChI is InChI=1S/C23H31NO3/c1-3-23-12-10-20-19-8-6-18(24-26)14-16(19)4-7-21(20)22(23)9-5-17(23)11-13-27-15(2)25/h14,17,19-22,26H,3-10,12H2,1-2H3/t17?,19-,20+,21+,22-,23+/m0/s1. The van der Waals surface area contributed by atoms with Crippen molar-refractivity contribution in [3.05, 3.63) is 11.6 Å². The fraction of sp³-hybridized carbons (Fsp3) is 0.739. The maximum atomic E-state index is 11.1. The molecule has 0 radical (unpaired) electrons. The van der Waals surface area contributed by atoms with Gasteiger partial charge in [0.05, 0.1) is 5.71 Å². The summed E-state index contributed by atoms with van der Waals surface area (Å²) < 4.78 is 4.93. The average Bonchev–Trinajstić information content (AvgIpc) is 3.06. The number of nitrogens with zero attached hydrogens (tertiary/aromatic N) is 1. The van der Waals surface area contributed by atoms with Crippen LogP contribution < -0.4 is 0 Å². The first-order chi connectivity index (χ1) is 13.1. The molecule has 0 amide bonds. The Morgan fingerprint density at radius 1 is 1.26 bits per heavy atom. The van der Waals surface area contributed by atoms with Crippen LogP contribution in [0, 0.1) is 47.0 Å². The van der Waals surface area contributed by atoms with Crippen LogP contribution in [0.5, 0.6) is 0 Å². The van der Waals surface area contributed by atoms with Crippen LogP contribution in [0.4, 0.5) is 0 Å². The van der Waals surface area contributed by atoms with Crippen LogP contribution in [0.15, 0.2) is 16.8 Å². The SMILES string of the molecule is CC[C@]12CC[C@H]3[C@@H](CCC4=CC(=NO)CC[C@@H]43)[C@@H]1CCC2C#COC(C)=O. The third kappa shape index (κ3) is 3.10. The Morgan fingerprint density at radius 2 is 2.11 bits per heavy atom. The molecule has 0 saturated heterocycles. The van der Waals surface area contributed by atoms with Crippen LogP contribution in [0.3, 0.4) is 0 Å². The molecule has 0 aromatic rings. The molecule has 0 spiro atoms. The third-order valence-electron chi connectivity index (χ3n) is 8.25. The summed E-state index contributed by atoms with van der Waals surface area (Å²) >= 11 is 0. The number of fused-ring (bicyclic) bond motifs is 5. The Labute approximate surface area is 162 Å². The van der Waals surface area contributed by atoms with Crippen molar-refractivity contribution in [2.75, 3.05) is 0 Å². The number of rotatable bonds is 1. The Morgan fingerprint density at radius 3 is 2.85 bits per heavy atom. The number of hydrogen-bond donors (Lipinski definition) is 1. The Balaban J connectivity index is 1.56. The third-order valence-corrected chi connectivity index (χ3v) is 8.25. The highest BCUT2D eigenvalue weighted by Crippen LogP contribution is 2.64. The minimum Gasteiger partial charge on any atom is -0.411 e. The average molecular weight is 370 g/mol. The lowest BCUT2D eigenvalue weighted by atomic mass is 9.50. The van der Waals surface area contributed by atoms with Gasteiger partial charge in [0.15, 0.2) is 0 Å². The summed E-state index contributed by atoms with van der Waals surface area (Å²) in [5.41, 5.74) is 2.70. The summed E-state index contributed by atoms with van der Waals surface area (Å²) in [6.45, 7) is 3.75. The van der Waals surface area contributed by atoms with E-state index < -0.39 is 0 Å². The summed E-state index contributed by atoms with van der Waals surface area (Å²) in [7, 11) is 0. The van der Waals surface area contributed by atoms with Gasteiger partial charge in [-0.15, -0.1) is 0 Å². The summed E-state index contributed by atoms with van der Waals surface area (Å²) in [6.07, 6.45) is 15.5. The van der Waals surface area contributed by atoms with Crippen LogP contribution in [0.1, 0.15) is 71.6 Å². The number of carbonyl (C=O) groups excluding carboxylic acids is 1. The molecule has 4 heteroatoms. The van der Waals surface area contributed by atoms with Crippen molar-refractivity contribution in [2.24, 2.45) is 40.2 Å². The van der Waals surface area contributed by atoms with Crippen LogP contribution in [-0.4, -0.2) is 16.9 Å². The van der Waals surface area contributed by atoms with E-state index in [2.05, 4.69) is 30.2 Å². The number of carbonyl (C=O) groups is 1. The van der Waals surface area contributed by atoms with Gasteiger partial charge in [0.1, 0.15) is 6.11 Å². The van der Waals surface area contributed by atoms with Crippen molar-refractivity contribution >= 4 is 11.7 Å². The molecule has 4 aliphatic carbocycles. The Kier molecular flexibility index (Phi) is 5.05. The second-order valence-corrected chi connectivity index (χ2v) is 9.02. The van der Waals surface area contributed by atoms with E-state index >= 15 is 0 Å². The van der Waals surface area contributed by atoms with E-state index in [0.717, 1.165) is 49.1 Å². The zero-order chi connectivity index (χ0) is 19.0. The molecule has 0 heterocycles. The molecule has 0 aliphatic heterocycles. The van der Waals surface area contributed by atoms with E-state index in [0.29, 0.717) is 17.3 Å². The van der Waals surface area contributed by atoms with Crippen molar-refractivity contribution < 1.29 is 14.7 Å². The highest BCUT2D eigenvalue weighted by atomic mass is 16.5. The lowest BCUT2D eigenvalue weighted by molar-refractivity contribution is -0.134. The van der Waals surface area contributed by atoms with E-state index in [1.165, 1.54) is 44.6 Å². The number of hydrogen-bond acceptors (Lipinski definition) is 4. The fourth-order valence-electron chi connectivity index (χ4n) is 7.16. The van der Waals surface area contributed by atoms with Crippen LogP contribution in [0.2, 0.25) is 0 Å². The molecule has 3 saturated carbocycles. The van der Waals surface area contributed by atoms with Crippen LogP contribution >= 0.6 is 0 Å². The van der Waals surface area contributed by atoms with Crippen molar-refractivity contribution in [1.29, 1.82) is 0 Å². The summed E-state index contributed by atoms with van der Waals surface area (Å²) in [6, 6.07) is 0. The molecule has 0 aromatic carbocycles. The van der Waals surface area contributed by atoms with Crippen molar-refractivity contribution in [2.45, 2.75) is 71.6 Å². The van der Waals surface area contributed by atoms with Crippen LogP contribution in [-0.2, 0) is 9.53 Å². The fourth-order valence-corrected chi connectivity index (χ4v) is 7.16. The van der Waals surface area contributed by atoms with Gasteiger partial charge in [-0.1, -0.05) is 23.6 Å². The number of oxime groups is 1. The monoisotopic (exact) mass is 369 g/mol. The Bertz CT molecular complexity index is 728. The summed E-state index contributed by atoms with van der Waals surface area (Å²) in [5.74, 6) is 6.40. The molecular weight excluding hydrogens is 338 g/mol. The second-order valence-electron chi connectivity index (χ2n) is 9.02. The van der Waals surface area contributed by atoms with E-state index in [1.807, 2.05) is 0 Å². The molecule has 146 valence electrons. The first kappa shape index (κ1) is 18.6. The molecular formula is C23H31NO3.